The van der Waals surface area contributed by atoms with E-state index in [4.69, 9.17) is 13.9 Å². The number of furan rings is 1. The first kappa shape index (κ1) is 13.0. The van der Waals surface area contributed by atoms with Crippen LogP contribution in [0.2, 0.25) is 0 Å². The fourth-order valence-electron chi connectivity index (χ4n) is 1.63. The summed E-state index contributed by atoms with van der Waals surface area (Å²) < 4.78 is 15.4. The van der Waals surface area contributed by atoms with Crippen molar-refractivity contribution in [2.45, 2.75) is 0 Å². The molecule has 0 saturated heterocycles. The van der Waals surface area contributed by atoms with Crippen molar-refractivity contribution in [1.29, 1.82) is 0 Å². The van der Waals surface area contributed by atoms with Gasteiger partial charge >= 0.3 is 0 Å². The minimum atomic E-state index is -0.127. The van der Waals surface area contributed by atoms with E-state index in [1.54, 1.807) is 49.8 Å². The first-order chi connectivity index (χ1) is 9.24. The molecule has 0 fully saturated rings. The van der Waals surface area contributed by atoms with Crippen molar-refractivity contribution in [1.82, 2.24) is 0 Å². The number of benzene rings is 1. The molecule has 4 nitrogen and oxygen atoms in total. The number of methoxy groups -OCH3 is 2. The summed E-state index contributed by atoms with van der Waals surface area (Å²) in [7, 11) is 3.08. The van der Waals surface area contributed by atoms with Crippen LogP contribution in [0.3, 0.4) is 0 Å². The van der Waals surface area contributed by atoms with Gasteiger partial charge in [0.15, 0.2) is 17.3 Å². The lowest BCUT2D eigenvalue weighted by molar-refractivity contribution is 0.104. The van der Waals surface area contributed by atoms with Crippen LogP contribution in [0.1, 0.15) is 16.1 Å². The molecule has 19 heavy (non-hydrogen) atoms. The van der Waals surface area contributed by atoms with E-state index < -0.39 is 0 Å². The summed E-state index contributed by atoms with van der Waals surface area (Å²) in [5.74, 6) is 1.62. The second-order valence-electron chi connectivity index (χ2n) is 3.78. The molecule has 2 aromatic rings. The number of ether oxygens (including phenoxy) is 2. The van der Waals surface area contributed by atoms with E-state index in [9.17, 15) is 4.79 Å². The van der Waals surface area contributed by atoms with Gasteiger partial charge in [0, 0.05) is 5.56 Å². The van der Waals surface area contributed by atoms with E-state index in [1.807, 2.05) is 0 Å². The van der Waals surface area contributed by atoms with E-state index in [1.165, 1.54) is 13.2 Å². The van der Waals surface area contributed by atoms with Gasteiger partial charge in [0.2, 0.25) is 0 Å². The van der Waals surface area contributed by atoms with Crippen LogP contribution in [0, 0.1) is 0 Å². The Morgan fingerprint density at radius 1 is 1.16 bits per heavy atom. The Labute approximate surface area is 111 Å². The van der Waals surface area contributed by atoms with Crippen LogP contribution in [0.4, 0.5) is 0 Å². The van der Waals surface area contributed by atoms with Gasteiger partial charge < -0.3 is 13.9 Å². The fourth-order valence-corrected chi connectivity index (χ4v) is 1.63. The van der Waals surface area contributed by atoms with Gasteiger partial charge in [-0.2, -0.15) is 0 Å². The van der Waals surface area contributed by atoms with Crippen molar-refractivity contribution >= 4 is 11.9 Å². The van der Waals surface area contributed by atoms with Crippen LogP contribution < -0.4 is 9.47 Å². The second-order valence-corrected chi connectivity index (χ2v) is 3.78. The third-order valence-electron chi connectivity index (χ3n) is 2.61. The zero-order valence-corrected chi connectivity index (χ0v) is 10.8. The molecular weight excluding hydrogens is 244 g/mol. The molecule has 0 amide bonds. The standard InChI is InChI=1S/C15H14O4/c1-17-14-8-5-11(10-15(14)18-2)13(16)7-6-12-4-3-9-19-12/h3-10H,1-2H3/b7-6-. The predicted molar refractivity (Wildman–Crippen MR) is 71.6 cm³/mol. The Balaban J connectivity index is 2.19. The van der Waals surface area contributed by atoms with E-state index >= 15 is 0 Å². The number of carbonyl (C=O) groups excluding carboxylic acids is 1. The normalized spacial score (nSPS) is 10.6. The number of allylic oxidation sites excluding steroid dienone is 1. The molecule has 4 heteroatoms. The van der Waals surface area contributed by atoms with Crippen LogP contribution in [0.15, 0.2) is 47.1 Å². The highest BCUT2D eigenvalue weighted by atomic mass is 16.5. The highest BCUT2D eigenvalue weighted by Gasteiger charge is 2.08. The zero-order chi connectivity index (χ0) is 13.7. The second kappa shape index (κ2) is 5.91. The van der Waals surface area contributed by atoms with E-state index in [0.29, 0.717) is 22.8 Å². The van der Waals surface area contributed by atoms with Gasteiger partial charge in [0.1, 0.15) is 5.76 Å². The first-order valence-electron chi connectivity index (χ1n) is 5.72. The Morgan fingerprint density at radius 3 is 2.58 bits per heavy atom. The maximum absolute atomic E-state index is 12.0. The third-order valence-corrected chi connectivity index (χ3v) is 2.61. The van der Waals surface area contributed by atoms with Crippen LogP contribution in [0.25, 0.3) is 6.08 Å². The van der Waals surface area contributed by atoms with Crippen LogP contribution in [-0.2, 0) is 0 Å². The maximum Gasteiger partial charge on any atom is 0.186 e. The molecular formula is C15H14O4. The largest absolute Gasteiger partial charge is 0.493 e. The molecule has 1 heterocycles. The van der Waals surface area contributed by atoms with Gasteiger partial charge in [0.05, 0.1) is 20.5 Å². The molecule has 0 radical (unpaired) electrons. The van der Waals surface area contributed by atoms with E-state index in [0.717, 1.165) is 0 Å². The highest BCUT2D eigenvalue weighted by molar-refractivity contribution is 6.07. The summed E-state index contributed by atoms with van der Waals surface area (Å²) >= 11 is 0. The lowest BCUT2D eigenvalue weighted by atomic mass is 10.1. The molecule has 0 N–H and O–H groups in total. The molecule has 0 unspecified atom stereocenters. The number of hydrogen-bond donors (Lipinski definition) is 0. The maximum atomic E-state index is 12.0. The Morgan fingerprint density at radius 2 is 1.95 bits per heavy atom. The van der Waals surface area contributed by atoms with Crippen molar-refractivity contribution in [3.05, 3.63) is 54.0 Å². The smallest absolute Gasteiger partial charge is 0.186 e. The van der Waals surface area contributed by atoms with Gasteiger partial charge in [-0.1, -0.05) is 0 Å². The lowest BCUT2D eigenvalue weighted by Gasteiger charge is -2.07. The number of hydrogen-bond acceptors (Lipinski definition) is 4. The summed E-state index contributed by atoms with van der Waals surface area (Å²) in [4.78, 5) is 12.0. The molecule has 0 saturated carbocycles. The number of carbonyl (C=O) groups is 1. The molecule has 0 spiro atoms. The summed E-state index contributed by atoms with van der Waals surface area (Å²) in [5, 5.41) is 0. The predicted octanol–water partition coefficient (Wildman–Crippen LogP) is 3.19. The van der Waals surface area contributed by atoms with Gasteiger partial charge in [0.25, 0.3) is 0 Å². The molecule has 98 valence electrons. The molecule has 0 aliphatic rings. The van der Waals surface area contributed by atoms with Crippen molar-refractivity contribution in [3.63, 3.8) is 0 Å². The average Bonchev–Trinajstić information content (AvgIpc) is 2.97. The SMILES string of the molecule is COc1ccc(C(=O)/C=C\c2ccco2)cc1OC. The van der Waals surface area contributed by atoms with Crippen molar-refractivity contribution in [3.8, 4) is 11.5 Å². The molecule has 0 atom stereocenters. The lowest BCUT2D eigenvalue weighted by Crippen LogP contribution is -1.97. The minimum absolute atomic E-state index is 0.127. The first-order valence-corrected chi connectivity index (χ1v) is 5.72. The summed E-state index contributed by atoms with van der Waals surface area (Å²) in [6, 6.07) is 8.58. The molecule has 1 aromatic carbocycles. The van der Waals surface area contributed by atoms with Gasteiger partial charge in [-0.05, 0) is 42.5 Å². The van der Waals surface area contributed by atoms with Gasteiger partial charge in [-0.15, -0.1) is 0 Å². The Bertz CT molecular complexity index is 582. The average molecular weight is 258 g/mol. The quantitative estimate of drug-likeness (QED) is 0.610. The topological polar surface area (TPSA) is 48.7 Å². The zero-order valence-electron chi connectivity index (χ0n) is 10.8. The fraction of sp³-hybridized carbons (Fsp3) is 0.133. The Hall–Kier alpha value is -2.49. The summed E-state index contributed by atoms with van der Waals surface area (Å²) in [5.41, 5.74) is 0.528. The van der Waals surface area contributed by atoms with Crippen molar-refractivity contribution in [2.75, 3.05) is 14.2 Å². The van der Waals surface area contributed by atoms with Gasteiger partial charge in [-0.3, -0.25) is 4.79 Å². The molecule has 0 bridgehead atoms. The molecule has 0 aliphatic carbocycles. The highest BCUT2D eigenvalue weighted by Crippen LogP contribution is 2.27. The van der Waals surface area contributed by atoms with Crippen LogP contribution in [-0.4, -0.2) is 20.0 Å². The van der Waals surface area contributed by atoms with Crippen LogP contribution >= 0.6 is 0 Å². The molecule has 2 rings (SSSR count). The van der Waals surface area contributed by atoms with E-state index in [-0.39, 0.29) is 5.78 Å². The van der Waals surface area contributed by atoms with Crippen molar-refractivity contribution < 1.29 is 18.7 Å². The number of ketones is 1. The van der Waals surface area contributed by atoms with Gasteiger partial charge in [-0.25, -0.2) is 0 Å². The monoisotopic (exact) mass is 258 g/mol. The molecule has 1 aromatic heterocycles. The van der Waals surface area contributed by atoms with Crippen molar-refractivity contribution in [2.24, 2.45) is 0 Å². The summed E-state index contributed by atoms with van der Waals surface area (Å²) in [6.07, 6.45) is 4.64. The minimum Gasteiger partial charge on any atom is -0.493 e. The Kier molecular flexibility index (Phi) is 4.03. The molecule has 0 aliphatic heterocycles. The van der Waals surface area contributed by atoms with E-state index in [2.05, 4.69) is 0 Å². The van der Waals surface area contributed by atoms with Crippen LogP contribution in [0.5, 0.6) is 11.5 Å². The number of rotatable bonds is 5. The third kappa shape index (κ3) is 3.04. The summed E-state index contributed by atoms with van der Waals surface area (Å²) in [6.45, 7) is 0.